The summed E-state index contributed by atoms with van der Waals surface area (Å²) in [5.74, 6) is 1.87. The minimum absolute atomic E-state index is 0.609. The fourth-order valence-electron chi connectivity index (χ4n) is 4.97. The van der Waals surface area contributed by atoms with Crippen molar-refractivity contribution in [2.45, 2.75) is 13.8 Å². The minimum Gasteiger partial charge on any atom is -0.456 e. The number of aromatic nitrogens is 3. The lowest BCUT2D eigenvalue weighted by molar-refractivity contribution is 0.669. The van der Waals surface area contributed by atoms with Crippen molar-refractivity contribution >= 4 is 28.0 Å². The highest BCUT2D eigenvalue weighted by Gasteiger charge is 2.17. The molecule has 0 unspecified atom stereocenters. The molecule has 0 spiro atoms. The average molecular weight is 558 g/mol. The fraction of sp³-hybridized carbons (Fsp3) is 0.0513. The second-order valence-corrected chi connectivity index (χ2v) is 9.99. The van der Waals surface area contributed by atoms with Gasteiger partial charge in [-0.2, -0.15) is 0 Å². The SMILES string of the molecule is C/C=C\C=C/C(/C=C\C)=C/C=C/c1ccc2c(c1)oc1cccc(-c3nc(-c4ccccc4)nc(-c4ccccc4)n3)c12. The normalized spacial score (nSPS) is 12.7. The summed E-state index contributed by atoms with van der Waals surface area (Å²) in [5, 5.41) is 2.01. The number of hydrogen-bond acceptors (Lipinski definition) is 4. The van der Waals surface area contributed by atoms with E-state index in [4.69, 9.17) is 19.4 Å². The van der Waals surface area contributed by atoms with Crippen LogP contribution in [0.3, 0.4) is 0 Å². The summed E-state index contributed by atoms with van der Waals surface area (Å²) in [6, 6.07) is 32.4. The van der Waals surface area contributed by atoms with Gasteiger partial charge in [-0.3, -0.25) is 0 Å². The van der Waals surface area contributed by atoms with Crippen LogP contribution in [0.5, 0.6) is 0 Å². The zero-order valence-electron chi connectivity index (χ0n) is 24.2. The molecule has 4 heteroatoms. The average Bonchev–Trinajstić information content (AvgIpc) is 3.43. The highest BCUT2D eigenvalue weighted by molar-refractivity contribution is 6.12. The van der Waals surface area contributed by atoms with Gasteiger partial charge in [-0.15, -0.1) is 0 Å². The van der Waals surface area contributed by atoms with Gasteiger partial charge in [0.15, 0.2) is 17.5 Å². The number of allylic oxidation sites excluding steroid dienone is 9. The first kappa shape index (κ1) is 27.6. The van der Waals surface area contributed by atoms with Crippen LogP contribution in [0.2, 0.25) is 0 Å². The summed E-state index contributed by atoms with van der Waals surface area (Å²) in [4.78, 5) is 14.8. The predicted octanol–water partition coefficient (Wildman–Crippen LogP) is 10.4. The van der Waals surface area contributed by atoms with Crippen LogP contribution < -0.4 is 0 Å². The summed E-state index contributed by atoms with van der Waals surface area (Å²) >= 11 is 0. The van der Waals surface area contributed by atoms with Gasteiger partial charge < -0.3 is 4.42 Å². The third-order valence-corrected chi connectivity index (χ3v) is 6.99. The molecule has 0 bridgehead atoms. The Labute approximate surface area is 251 Å². The molecule has 0 aliphatic carbocycles. The third-order valence-electron chi connectivity index (χ3n) is 6.99. The van der Waals surface area contributed by atoms with E-state index in [2.05, 4.69) is 54.6 Å². The van der Waals surface area contributed by atoms with E-state index in [0.29, 0.717) is 17.5 Å². The lowest BCUT2D eigenvalue weighted by Crippen LogP contribution is -2.00. The molecule has 4 aromatic carbocycles. The lowest BCUT2D eigenvalue weighted by Gasteiger charge is -2.09. The fourth-order valence-corrected chi connectivity index (χ4v) is 4.97. The van der Waals surface area contributed by atoms with Crippen molar-refractivity contribution in [3.05, 3.63) is 157 Å². The number of benzene rings is 4. The molecule has 208 valence electrons. The number of rotatable bonds is 8. The van der Waals surface area contributed by atoms with E-state index in [1.165, 1.54) is 0 Å². The van der Waals surface area contributed by atoms with Crippen molar-refractivity contribution in [3.63, 3.8) is 0 Å². The van der Waals surface area contributed by atoms with E-state index < -0.39 is 0 Å². The quantitative estimate of drug-likeness (QED) is 0.175. The second kappa shape index (κ2) is 12.9. The van der Waals surface area contributed by atoms with Gasteiger partial charge in [-0.25, -0.2) is 15.0 Å². The number of hydrogen-bond donors (Lipinski definition) is 0. The van der Waals surface area contributed by atoms with Crippen LogP contribution in [-0.4, -0.2) is 15.0 Å². The van der Waals surface area contributed by atoms with Crippen molar-refractivity contribution in [1.82, 2.24) is 15.0 Å². The summed E-state index contributed by atoms with van der Waals surface area (Å²) in [5.41, 5.74) is 6.56. The van der Waals surface area contributed by atoms with Crippen LogP contribution in [0.15, 0.2) is 156 Å². The Morgan fingerprint density at radius 3 is 1.98 bits per heavy atom. The van der Waals surface area contributed by atoms with Gasteiger partial charge in [-0.05, 0) is 43.2 Å². The molecule has 0 aliphatic rings. The van der Waals surface area contributed by atoms with Gasteiger partial charge in [0.2, 0.25) is 0 Å². The molecule has 4 nitrogen and oxygen atoms in total. The molecular formula is C39H31N3O. The Balaban J connectivity index is 1.43. The molecule has 0 N–H and O–H groups in total. The van der Waals surface area contributed by atoms with Crippen molar-refractivity contribution < 1.29 is 4.42 Å². The topological polar surface area (TPSA) is 51.8 Å². The number of nitrogens with zero attached hydrogens (tertiary/aromatic N) is 3. The molecule has 2 heterocycles. The van der Waals surface area contributed by atoms with E-state index in [9.17, 15) is 0 Å². The molecule has 2 aromatic heterocycles. The predicted molar refractivity (Wildman–Crippen MR) is 179 cm³/mol. The molecule has 0 amide bonds. The van der Waals surface area contributed by atoms with Crippen molar-refractivity contribution in [2.75, 3.05) is 0 Å². The monoisotopic (exact) mass is 557 g/mol. The standard InChI is InChI=1S/C39H31N3O/c1-3-5-8-16-28(15-4-2)17-13-18-29-25-26-32-35(27-29)43-34-24-14-23-33(36(32)34)39-41-37(30-19-9-6-10-20-30)40-38(42-39)31-21-11-7-12-22-31/h3-27H,1-2H3/b5-3-,15-4-,16-8-,18-13+,28-17+. The highest BCUT2D eigenvalue weighted by atomic mass is 16.3. The van der Waals surface area contributed by atoms with Crippen LogP contribution in [0.1, 0.15) is 19.4 Å². The minimum atomic E-state index is 0.609. The van der Waals surface area contributed by atoms with Crippen molar-refractivity contribution in [3.8, 4) is 34.2 Å². The Kier molecular flexibility index (Phi) is 8.28. The van der Waals surface area contributed by atoms with Crippen molar-refractivity contribution in [2.24, 2.45) is 0 Å². The zero-order chi connectivity index (χ0) is 29.4. The first-order chi connectivity index (χ1) is 21.2. The van der Waals surface area contributed by atoms with Gasteiger partial charge in [-0.1, -0.05) is 134 Å². The summed E-state index contributed by atoms with van der Waals surface area (Å²) < 4.78 is 6.37. The summed E-state index contributed by atoms with van der Waals surface area (Å²) in [7, 11) is 0. The molecule has 6 rings (SSSR count). The van der Waals surface area contributed by atoms with Crippen molar-refractivity contribution in [1.29, 1.82) is 0 Å². The molecule has 6 aromatic rings. The van der Waals surface area contributed by atoms with Gasteiger partial charge in [0.05, 0.1) is 0 Å². The molecular weight excluding hydrogens is 526 g/mol. The second-order valence-electron chi connectivity index (χ2n) is 9.99. The Morgan fingerprint density at radius 1 is 0.605 bits per heavy atom. The molecule has 0 saturated carbocycles. The van der Waals surface area contributed by atoms with E-state index in [-0.39, 0.29) is 0 Å². The third kappa shape index (κ3) is 6.19. The van der Waals surface area contributed by atoms with E-state index in [1.54, 1.807) is 0 Å². The van der Waals surface area contributed by atoms with Gasteiger partial charge in [0.25, 0.3) is 0 Å². The lowest BCUT2D eigenvalue weighted by atomic mass is 10.0. The number of fused-ring (bicyclic) bond motifs is 3. The van der Waals surface area contributed by atoms with Crippen LogP contribution >= 0.6 is 0 Å². The Morgan fingerprint density at radius 2 is 1.30 bits per heavy atom. The van der Waals surface area contributed by atoms with Crippen LogP contribution in [-0.2, 0) is 0 Å². The van der Waals surface area contributed by atoms with E-state index >= 15 is 0 Å². The van der Waals surface area contributed by atoms with E-state index in [0.717, 1.165) is 49.8 Å². The zero-order valence-corrected chi connectivity index (χ0v) is 24.2. The molecule has 43 heavy (non-hydrogen) atoms. The van der Waals surface area contributed by atoms with E-state index in [1.807, 2.05) is 111 Å². The van der Waals surface area contributed by atoms with Gasteiger partial charge in [0.1, 0.15) is 11.2 Å². The maximum Gasteiger partial charge on any atom is 0.164 e. The molecule has 0 aliphatic heterocycles. The Hall–Kier alpha value is -5.61. The maximum atomic E-state index is 6.37. The summed E-state index contributed by atoms with van der Waals surface area (Å²) in [6.45, 7) is 4.03. The summed E-state index contributed by atoms with van der Waals surface area (Å²) in [6.07, 6.45) is 18.5. The smallest absolute Gasteiger partial charge is 0.164 e. The van der Waals surface area contributed by atoms with Gasteiger partial charge >= 0.3 is 0 Å². The molecule has 0 radical (unpaired) electrons. The van der Waals surface area contributed by atoms with Gasteiger partial charge in [0, 0.05) is 27.5 Å². The maximum absolute atomic E-state index is 6.37. The first-order valence-electron chi connectivity index (χ1n) is 14.4. The number of furan rings is 1. The largest absolute Gasteiger partial charge is 0.456 e. The van der Waals surface area contributed by atoms with Crippen LogP contribution in [0.4, 0.5) is 0 Å². The highest BCUT2D eigenvalue weighted by Crippen LogP contribution is 2.37. The molecule has 0 atom stereocenters. The first-order valence-corrected chi connectivity index (χ1v) is 14.4. The van der Waals surface area contributed by atoms with Crippen LogP contribution in [0, 0.1) is 0 Å². The molecule has 0 fully saturated rings. The van der Waals surface area contributed by atoms with Crippen LogP contribution in [0.25, 0.3) is 62.2 Å². The molecule has 0 saturated heterocycles. The Bertz CT molecular complexity index is 1970.